The fourth-order valence-electron chi connectivity index (χ4n) is 2.28. The van der Waals surface area contributed by atoms with Crippen LogP contribution in [-0.4, -0.2) is 16.6 Å². The number of aromatic nitrogens is 2. The van der Waals surface area contributed by atoms with Gasteiger partial charge in [-0.05, 0) is 22.3 Å². The van der Waals surface area contributed by atoms with Gasteiger partial charge in [-0.15, -0.1) is 11.3 Å². The Kier molecular flexibility index (Phi) is 2.95. The number of nitrogens with zero attached hydrogens (tertiary/aromatic N) is 2. The van der Waals surface area contributed by atoms with Crippen LogP contribution in [0.25, 0.3) is 31.9 Å². The fourth-order valence-corrected chi connectivity index (χ4v) is 4.50. The highest BCUT2D eigenvalue weighted by Gasteiger charge is 2.14. The van der Waals surface area contributed by atoms with Crippen molar-refractivity contribution >= 4 is 58.1 Å². The van der Waals surface area contributed by atoms with E-state index >= 15 is 0 Å². The molecule has 20 heavy (non-hydrogen) atoms. The molecule has 3 aromatic heterocycles. The van der Waals surface area contributed by atoms with Crippen LogP contribution in [0.5, 0.6) is 0 Å². The summed E-state index contributed by atoms with van der Waals surface area (Å²) in [5, 5.41) is 2.09. The van der Waals surface area contributed by atoms with E-state index in [1.54, 1.807) is 22.7 Å². The number of hydrogen-bond donors (Lipinski definition) is 0. The molecule has 0 unspecified atom stereocenters. The fraction of sp³-hybridized carbons (Fsp3) is 0. The number of fused-ring (bicyclic) bond motifs is 1. The molecule has 0 fully saturated rings. The van der Waals surface area contributed by atoms with Crippen LogP contribution in [0.3, 0.4) is 0 Å². The van der Waals surface area contributed by atoms with Crippen LogP contribution < -0.4 is 4.78 Å². The summed E-state index contributed by atoms with van der Waals surface area (Å²) < 4.78 is 10.3. The summed E-state index contributed by atoms with van der Waals surface area (Å²) in [6, 6.07) is 12.9. The molecule has 0 bridgehead atoms. The highest BCUT2D eigenvalue weighted by molar-refractivity contribution is 7.23. The van der Waals surface area contributed by atoms with E-state index in [0.717, 1.165) is 11.0 Å². The van der Waals surface area contributed by atoms with Gasteiger partial charge < -0.3 is 0 Å². The Morgan fingerprint density at radius 2 is 1.60 bits per heavy atom. The Hall–Kier alpha value is -1.50. The predicted molar refractivity (Wildman–Crippen MR) is 92.2 cm³/mol. The third-order valence-corrected chi connectivity index (χ3v) is 5.67. The van der Waals surface area contributed by atoms with Gasteiger partial charge in [0.05, 0.1) is 11.7 Å². The van der Waals surface area contributed by atoms with Gasteiger partial charge in [-0.3, -0.25) is 0 Å². The average Bonchev–Trinajstić information content (AvgIpc) is 3.18. The molecule has 4 aromatic rings. The van der Waals surface area contributed by atoms with Gasteiger partial charge in [0.25, 0.3) is 0 Å². The normalized spacial score (nSPS) is 11.2. The second kappa shape index (κ2) is 4.80. The summed E-state index contributed by atoms with van der Waals surface area (Å²) in [7, 11) is 2.13. The van der Waals surface area contributed by atoms with Crippen LogP contribution >= 0.6 is 34.4 Å². The van der Waals surface area contributed by atoms with Crippen LogP contribution in [0.1, 0.15) is 0 Å². The zero-order chi connectivity index (χ0) is 13.5. The van der Waals surface area contributed by atoms with Gasteiger partial charge in [0.2, 0.25) is 0 Å². The largest absolute Gasteiger partial charge is 0.172 e. The smallest absolute Gasteiger partial charge is 0.152 e. The molecule has 0 aliphatic carbocycles. The average molecular weight is 312 g/mol. The first-order valence-electron chi connectivity index (χ1n) is 6.19. The highest BCUT2D eigenvalue weighted by atomic mass is 32.1. The number of benzene rings is 1. The van der Waals surface area contributed by atoms with Crippen LogP contribution in [0.2, 0.25) is 0 Å². The summed E-state index contributed by atoms with van der Waals surface area (Å²) in [4.78, 5) is 2.51. The Balaban J connectivity index is 1.98. The lowest BCUT2D eigenvalue weighted by atomic mass is 10.1. The standard InChI is InChI=1S/C14H9BN2S3/c15-12-6-5-11(19-12)9-4-3-8(10-2-1-7-18-10)13-14(9)17-20-16-13/h1-7H,15H2. The van der Waals surface area contributed by atoms with E-state index in [-0.39, 0.29) is 0 Å². The zero-order valence-corrected chi connectivity index (χ0v) is 13.1. The molecule has 0 saturated carbocycles. The maximum Gasteiger partial charge on any atom is 0.152 e. The topological polar surface area (TPSA) is 25.8 Å². The van der Waals surface area contributed by atoms with Gasteiger partial charge in [0.1, 0.15) is 11.0 Å². The molecule has 0 aliphatic rings. The Morgan fingerprint density at radius 3 is 2.20 bits per heavy atom. The van der Waals surface area contributed by atoms with E-state index in [9.17, 15) is 0 Å². The van der Waals surface area contributed by atoms with Crippen LogP contribution in [-0.2, 0) is 0 Å². The first kappa shape index (κ1) is 12.3. The zero-order valence-electron chi connectivity index (χ0n) is 10.7. The lowest BCUT2D eigenvalue weighted by Gasteiger charge is -2.03. The van der Waals surface area contributed by atoms with Crippen LogP contribution in [0.4, 0.5) is 0 Å². The molecule has 0 radical (unpaired) electrons. The van der Waals surface area contributed by atoms with Gasteiger partial charge in [0.15, 0.2) is 7.85 Å². The first-order valence-corrected chi connectivity index (χ1v) is 8.61. The van der Waals surface area contributed by atoms with Crippen molar-refractivity contribution in [1.29, 1.82) is 0 Å². The number of hydrogen-bond acceptors (Lipinski definition) is 5. The summed E-state index contributed by atoms with van der Waals surface area (Å²) in [6.45, 7) is 0. The Labute approximate surface area is 129 Å². The van der Waals surface area contributed by atoms with E-state index < -0.39 is 0 Å². The molecule has 0 atom stereocenters. The van der Waals surface area contributed by atoms with E-state index in [1.165, 1.54) is 37.4 Å². The van der Waals surface area contributed by atoms with Crippen molar-refractivity contribution in [3.05, 3.63) is 41.8 Å². The van der Waals surface area contributed by atoms with Crippen LogP contribution in [0, 0.1) is 0 Å². The summed E-state index contributed by atoms with van der Waals surface area (Å²) in [5.74, 6) is 0. The van der Waals surface area contributed by atoms with Crippen molar-refractivity contribution in [2.45, 2.75) is 0 Å². The minimum Gasteiger partial charge on any atom is -0.172 e. The lowest BCUT2D eigenvalue weighted by molar-refractivity contribution is 1.63. The molecular weight excluding hydrogens is 303 g/mol. The maximum absolute atomic E-state index is 4.52. The van der Waals surface area contributed by atoms with E-state index in [4.69, 9.17) is 0 Å². The third-order valence-electron chi connectivity index (χ3n) is 3.21. The quantitative estimate of drug-likeness (QED) is 0.530. The van der Waals surface area contributed by atoms with Gasteiger partial charge in [-0.1, -0.05) is 24.3 Å². The lowest BCUT2D eigenvalue weighted by Crippen LogP contribution is -1.88. The summed E-state index contributed by atoms with van der Waals surface area (Å²) in [5.41, 5.74) is 4.40. The third kappa shape index (κ3) is 1.92. The minimum atomic E-state index is 1.01. The van der Waals surface area contributed by atoms with Crippen LogP contribution in [0.15, 0.2) is 41.8 Å². The number of thiophene rings is 2. The van der Waals surface area contributed by atoms with Crippen molar-refractivity contribution in [3.63, 3.8) is 0 Å². The van der Waals surface area contributed by atoms with E-state index in [0.29, 0.717) is 0 Å². The second-order valence-electron chi connectivity index (χ2n) is 4.51. The summed E-state index contributed by atoms with van der Waals surface area (Å²) >= 11 is 4.83. The first-order chi connectivity index (χ1) is 9.83. The molecule has 2 nitrogen and oxygen atoms in total. The second-order valence-corrected chi connectivity index (χ2v) is 7.27. The maximum atomic E-state index is 4.52. The molecule has 1 aromatic carbocycles. The molecule has 0 amide bonds. The molecule has 6 heteroatoms. The molecular formula is C14H9BN2S3. The van der Waals surface area contributed by atoms with Gasteiger partial charge in [0, 0.05) is 20.9 Å². The van der Waals surface area contributed by atoms with Crippen molar-refractivity contribution in [2.24, 2.45) is 0 Å². The molecule has 3 heterocycles. The minimum absolute atomic E-state index is 1.01. The molecule has 0 saturated heterocycles. The van der Waals surface area contributed by atoms with Crippen molar-refractivity contribution < 1.29 is 0 Å². The van der Waals surface area contributed by atoms with Crippen molar-refractivity contribution in [1.82, 2.24) is 8.75 Å². The molecule has 0 spiro atoms. The van der Waals surface area contributed by atoms with E-state index in [1.807, 2.05) is 0 Å². The summed E-state index contributed by atoms with van der Waals surface area (Å²) in [6.07, 6.45) is 0. The molecule has 0 N–H and O–H groups in total. The predicted octanol–water partition coefficient (Wildman–Crippen LogP) is 3.41. The Bertz CT molecular complexity index is 877. The molecule has 4 rings (SSSR count). The molecule has 96 valence electrons. The monoisotopic (exact) mass is 312 g/mol. The van der Waals surface area contributed by atoms with Gasteiger partial charge >= 0.3 is 0 Å². The van der Waals surface area contributed by atoms with E-state index in [2.05, 4.69) is 58.4 Å². The SMILES string of the molecule is Bc1ccc(-c2ccc(-c3cccs3)c3nsnc23)s1. The Morgan fingerprint density at radius 1 is 0.850 bits per heavy atom. The number of rotatable bonds is 2. The van der Waals surface area contributed by atoms with Gasteiger partial charge in [-0.2, -0.15) is 20.1 Å². The van der Waals surface area contributed by atoms with Gasteiger partial charge in [-0.25, -0.2) is 0 Å². The van der Waals surface area contributed by atoms with Crippen molar-refractivity contribution in [3.8, 4) is 20.9 Å². The molecule has 0 aliphatic heterocycles. The van der Waals surface area contributed by atoms with Crippen molar-refractivity contribution in [2.75, 3.05) is 0 Å². The highest BCUT2D eigenvalue weighted by Crippen LogP contribution is 2.37.